The fraction of sp³-hybridized carbons (Fsp3) is 0.733. The molecule has 0 bridgehead atoms. The van der Waals surface area contributed by atoms with Gasteiger partial charge in [-0.1, -0.05) is 12.1 Å². The molecule has 0 saturated heterocycles. The highest BCUT2D eigenvalue weighted by Gasteiger charge is 2.32. The third-order valence-electron chi connectivity index (χ3n) is 4.12. The van der Waals surface area contributed by atoms with Gasteiger partial charge in [-0.15, -0.1) is 0 Å². The van der Waals surface area contributed by atoms with Crippen molar-refractivity contribution in [1.29, 1.82) is 0 Å². The van der Waals surface area contributed by atoms with Gasteiger partial charge in [0.25, 0.3) is 0 Å². The maximum atomic E-state index is 12.3. The standard InChI is InChI=1S/C15H24N2O3/c1-9(7-13-10(2)16-20-11(13)3)15(19)17(4)8-14(18)12-5-6-12/h9,12,14,18H,5-8H2,1-4H3. The highest BCUT2D eigenvalue weighted by atomic mass is 16.5. The zero-order valence-corrected chi connectivity index (χ0v) is 12.7. The van der Waals surface area contributed by atoms with Crippen LogP contribution in [0, 0.1) is 25.7 Å². The van der Waals surface area contributed by atoms with Gasteiger partial charge in [-0.25, -0.2) is 0 Å². The molecule has 1 aliphatic rings. The first-order valence-electron chi connectivity index (χ1n) is 7.25. The van der Waals surface area contributed by atoms with Crippen molar-refractivity contribution in [1.82, 2.24) is 10.1 Å². The molecule has 2 atom stereocenters. The van der Waals surface area contributed by atoms with Crippen LogP contribution < -0.4 is 0 Å². The predicted molar refractivity (Wildman–Crippen MR) is 75.2 cm³/mol. The average Bonchev–Trinajstić information content (AvgIpc) is 3.20. The van der Waals surface area contributed by atoms with E-state index in [9.17, 15) is 9.90 Å². The van der Waals surface area contributed by atoms with Gasteiger partial charge in [0.1, 0.15) is 5.76 Å². The molecule has 1 aromatic rings. The molecule has 2 unspecified atom stereocenters. The number of aryl methyl sites for hydroxylation is 2. The lowest BCUT2D eigenvalue weighted by atomic mass is 9.98. The minimum absolute atomic E-state index is 0.0599. The van der Waals surface area contributed by atoms with Crippen molar-refractivity contribution in [3.05, 3.63) is 17.0 Å². The second-order valence-electron chi connectivity index (χ2n) is 6.03. The Bertz CT molecular complexity index is 460. The molecule has 1 aliphatic carbocycles. The first-order chi connectivity index (χ1) is 9.40. The third-order valence-corrected chi connectivity index (χ3v) is 4.12. The highest BCUT2D eigenvalue weighted by molar-refractivity contribution is 5.78. The number of aliphatic hydroxyl groups is 1. The molecule has 1 saturated carbocycles. The quantitative estimate of drug-likeness (QED) is 0.861. The largest absolute Gasteiger partial charge is 0.391 e. The zero-order chi connectivity index (χ0) is 14.9. The first-order valence-corrected chi connectivity index (χ1v) is 7.25. The fourth-order valence-corrected chi connectivity index (χ4v) is 2.56. The van der Waals surface area contributed by atoms with E-state index in [0.29, 0.717) is 18.9 Å². The number of hydrogen-bond donors (Lipinski definition) is 1. The smallest absolute Gasteiger partial charge is 0.225 e. The number of carbonyl (C=O) groups is 1. The number of aliphatic hydroxyl groups excluding tert-OH is 1. The van der Waals surface area contributed by atoms with Crippen LogP contribution >= 0.6 is 0 Å². The van der Waals surface area contributed by atoms with Gasteiger partial charge in [0.05, 0.1) is 11.8 Å². The summed E-state index contributed by atoms with van der Waals surface area (Å²) in [6.45, 7) is 6.10. The number of hydrogen-bond acceptors (Lipinski definition) is 4. The van der Waals surface area contributed by atoms with Crippen LogP contribution in [0.3, 0.4) is 0 Å². The summed E-state index contributed by atoms with van der Waals surface area (Å²) in [6.07, 6.45) is 2.41. The zero-order valence-electron chi connectivity index (χ0n) is 12.7. The molecule has 1 N–H and O–H groups in total. The summed E-state index contributed by atoms with van der Waals surface area (Å²) in [4.78, 5) is 14.0. The van der Waals surface area contributed by atoms with Gasteiger partial charge in [0, 0.05) is 25.1 Å². The molecule has 112 valence electrons. The van der Waals surface area contributed by atoms with E-state index in [4.69, 9.17) is 4.52 Å². The molecule has 20 heavy (non-hydrogen) atoms. The molecule has 2 rings (SSSR count). The lowest BCUT2D eigenvalue weighted by molar-refractivity contribution is -0.135. The first kappa shape index (κ1) is 15.0. The summed E-state index contributed by atoms with van der Waals surface area (Å²) in [7, 11) is 1.76. The van der Waals surface area contributed by atoms with Crippen molar-refractivity contribution in [2.75, 3.05) is 13.6 Å². The van der Waals surface area contributed by atoms with E-state index in [0.717, 1.165) is 29.9 Å². The number of amides is 1. The molecule has 1 heterocycles. The van der Waals surface area contributed by atoms with Crippen LogP contribution in [0.5, 0.6) is 0 Å². The normalized spacial score (nSPS) is 17.9. The summed E-state index contributed by atoms with van der Waals surface area (Å²) in [5.74, 6) is 1.10. The number of likely N-dealkylation sites (N-methyl/N-ethyl adjacent to an activating group) is 1. The summed E-state index contributed by atoms with van der Waals surface area (Å²) >= 11 is 0. The lowest BCUT2D eigenvalue weighted by Crippen LogP contribution is -2.38. The van der Waals surface area contributed by atoms with E-state index in [1.807, 2.05) is 20.8 Å². The third kappa shape index (κ3) is 3.39. The SMILES string of the molecule is Cc1noc(C)c1CC(C)C(=O)N(C)CC(O)C1CC1. The van der Waals surface area contributed by atoms with Crippen molar-refractivity contribution in [2.45, 2.75) is 46.1 Å². The van der Waals surface area contributed by atoms with Crippen molar-refractivity contribution in [2.24, 2.45) is 11.8 Å². The highest BCUT2D eigenvalue weighted by Crippen LogP contribution is 2.32. The average molecular weight is 280 g/mol. The van der Waals surface area contributed by atoms with E-state index < -0.39 is 0 Å². The molecule has 1 fully saturated rings. The Balaban J connectivity index is 1.90. The minimum Gasteiger partial charge on any atom is -0.391 e. The molecule has 0 spiro atoms. The lowest BCUT2D eigenvalue weighted by Gasteiger charge is -2.24. The molecule has 5 nitrogen and oxygen atoms in total. The van der Waals surface area contributed by atoms with Gasteiger partial charge < -0.3 is 14.5 Å². The Hall–Kier alpha value is -1.36. The van der Waals surface area contributed by atoms with Crippen LogP contribution in [-0.2, 0) is 11.2 Å². The molecular weight excluding hydrogens is 256 g/mol. The molecule has 0 aliphatic heterocycles. The van der Waals surface area contributed by atoms with Gasteiger partial charge in [-0.05, 0) is 39.0 Å². The van der Waals surface area contributed by atoms with Crippen LogP contribution in [0.1, 0.15) is 36.8 Å². The number of rotatable bonds is 6. The van der Waals surface area contributed by atoms with E-state index in [-0.39, 0.29) is 17.9 Å². The van der Waals surface area contributed by atoms with Crippen molar-refractivity contribution in [3.8, 4) is 0 Å². The van der Waals surface area contributed by atoms with Crippen molar-refractivity contribution in [3.63, 3.8) is 0 Å². The predicted octanol–water partition coefficient (Wildman–Crippen LogP) is 1.70. The molecule has 0 radical (unpaired) electrons. The maximum absolute atomic E-state index is 12.3. The van der Waals surface area contributed by atoms with Crippen molar-refractivity contribution < 1.29 is 14.4 Å². The van der Waals surface area contributed by atoms with Gasteiger partial charge >= 0.3 is 0 Å². The van der Waals surface area contributed by atoms with Crippen LogP contribution in [0.25, 0.3) is 0 Å². The van der Waals surface area contributed by atoms with Gasteiger partial charge in [-0.3, -0.25) is 4.79 Å². The summed E-state index contributed by atoms with van der Waals surface area (Å²) in [5, 5.41) is 13.8. The van der Waals surface area contributed by atoms with Crippen LogP contribution in [0.2, 0.25) is 0 Å². The minimum atomic E-state index is -0.379. The second kappa shape index (κ2) is 5.95. The monoisotopic (exact) mass is 280 g/mol. The Morgan fingerprint density at radius 2 is 2.15 bits per heavy atom. The van der Waals surface area contributed by atoms with Crippen LogP contribution in [0.4, 0.5) is 0 Å². The van der Waals surface area contributed by atoms with E-state index >= 15 is 0 Å². The number of aromatic nitrogens is 1. The van der Waals surface area contributed by atoms with E-state index in [2.05, 4.69) is 5.16 Å². The Kier molecular flexibility index (Phi) is 4.48. The van der Waals surface area contributed by atoms with Crippen LogP contribution in [0.15, 0.2) is 4.52 Å². The molecule has 1 aromatic heterocycles. The van der Waals surface area contributed by atoms with Crippen LogP contribution in [-0.4, -0.2) is 40.8 Å². The van der Waals surface area contributed by atoms with Gasteiger partial charge in [0.15, 0.2) is 0 Å². The number of nitrogens with zero attached hydrogens (tertiary/aromatic N) is 2. The summed E-state index contributed by atoms with van der Waals surface area (Å²) in [6, 6.07) is 0. The molecular formula is C15H24N2O3. The molecule has 1 amide bonds. The van der Waals surface area contributed by atoms with Crippen molar-refractivity contribution >= 4 is 5.91 Å². The Morgan fingerprint density at radius 3 is 2.65 bits per heavy atom. The molecule has 5 heteroatoms. The summed E-state index contributed by atoms with van der Waals surface area (Å²) in [5.41, 5.74) is 1.87. The topological polar surface area (TPSA) is 66.6 Å². The molecule has 0 aromatic carbocycles. The Labute approximate surface area is 119 Å². The van der Waals surface area contributed by atoms with E-state index in [1.165, 1.54) is 0 Å². The fourth-order valence-electron chi connectivity index (χ4n) is 2.56. The summed E-state index contributed by atoms with van der Waals surface area (Å²) < 4.78 is 5.13. The van der Waals surface area contributed by atoms with E-state index in [1.54, 1.807) is 11.9 Å². The number of carbonyl (C=O) groups excluding carboxylic acids is 1. The van der Waals surface area contributed by atoms with Gasteiger partial charge in [-0.2, -0.15) is 0 Å². The van der Waals surface area contributed by atoms with Gasteiger partial charge in [0.2, 0.25) is 5.91 Å². The maximum Gasteiger partial charge on any atom is 0.225 e. The second-order valence-corrected chi connectivity index (χ2v) is 6.03. The Morgan fingerprint density at radius 1 is 1.50 bits per heavy atom.